The first-order valence-corrected chi connectivity index (χ1v) is 11.4. The molecule has 1 aliphatic heterocycles. The van der Waals surface area contributed by atoms with E-state index in [1.165, 1.54) is 16.7 Å². The van der Waals surface area contributed by atoms with Crippen LogP contribution in [0.4, 0.5) is 11.4 Å². The Hall–Kier alpha value is -2.29. The molecule has 1 aliphatic rings. The highest BCUT2D eigenvalue weighted by Crippen LogP contribution is 2.38. The number of benzene rings is 3. The topological polar surface area (TPSA) is 49.4 Å². The van der Waals surface area contributed by atoms with Crippen LogP contribution >= 0.6 is 46.0 Å². The predicted octanol–water partition coefficient (Wildman–Crippen LogP) is 6.24. The van der Waals surface area contributed by atoms with Crippen LogP contribution in [-0.4, -0.2) is 11.8 Å². The van der Waals surface area contributed by atoms with Crippen LogP contribution in [0.25, 0.3) is 0 Å². The molecule has 0 radical (unpaired) electrons. The summed E-state index contributed by atoms with van der Waals surface area (Å²) in [7, 11) is 0. The second-order valence-corrected chi connectivity index (χ2v) is 9.37. The minimum absolute atomic E-state index is 0.256. The van der Waals surface area contributed by atoms with E-state index in [2.05, 4.69) is 27.9 Å². The molecule has 1 heterocycles. The zero-order chi connectivity index (χ0) is 21.3. The molecule has 0 fully saturated rings. The van der Waals surface area contributed by atoms with Crippen LogP contribution in [0.15, 0.2) is 88.3 Å². The summed E-state index contributed by atoms with van der Waals surface area (Å²) in [6.07, 6.45) is 0. The van der Waals surface area contributed by atoms with Gasteiger partial charge in [-0.15, -0.1) is 0 Å². The van der Waals surface area contributed by atoms with Crippen LogP contribution < -0.4 is 10.2 Å². The lowest BCUT2D eigenvalue weighted by Gasteiger charge is -2.16. The summed E-state index contributed by atoms with van der Waals surface area (Å²) in [5, 5.41) is 3.66. The summed E-state index contributed by atoms with van der Waals surface area (Å²) < 4.78 is 1.08. The van der Waals surface area contributed by atoms with Crippen molar-refractivity contribution in [1.29, 1.82) is 0 Å². The Morgan fingerprint density at radius 2 is 1.63 bits per heavy atom. The number of nitrogens with zero attached hydrogens (tertiary/aromatic N) is 1. The summed E-state index contributed by atoms with van der Waals surface area (Å²) in [5.74, 6) is -0.779. The van der Waals surface area contributed by atoms with Gasteiger partial charge in [0.25, 0.3) is 11.8 Å². The first-order chi connectivity index (χ1) is 14.4. The highest BCUT2D eigenvalue weighted by atomic mass is 127. The SMILES string of the molecule is Cc1ccc(N2C(=O)C(Nc3ccc(I)cc3)=C(Sc3ccccc3)C2=O)cc1Cl. The average Bonchev–Trinajstić information content (AvgIpc) is 2.96. The van der Waals surface area contributed by atoms with Gasteiger partial charge in [-0.25, -0.2) is 4.90 Å². The molecule has 1 N–H and O–H groups in total. The number of hydrogen-bond donors (Lipinski definition) is 1. The molecular weight excluding hydrogens is 531 g/mol. The van der Waals surface area contributed by atoms with Crippen molar-refractivity contribution in [3.63, 3.8) is 0 Å². The second-order valence-electron chi connectivity index (χ2n) is 6.63. The average molecular weight is 547 g/mol. The third kappa shape index (κ3) is 4.26. The molecule has 7 heteroatoms. The lowest BCUT2D eigenvalue weighted by atomic mass is 10.2. The summed E-state index contributed by atoms with van der Waals surface area (Å²) >= 11 is 9.74. The molecule has 0 saturated carbocycles. The van der Waals surface area contributed by atoms with Crippen LogP contribution in [0, 0.1) is 10.5 Å². The normalized spacial score (nSPS) is 13.9. The monoisotopic (exact) mass is 546 g/mol. The van der Waals surface area contributed by atoms with Gasteiger partial charge >= 0.3 is 0 Å². The van der Waals surface area contributed by atoms with Crippen molar-refractivity contribution >= 4 is 69.1 Å². The number of anilines is 2. The number of rotatable bonds is 5. The maximum atomic E-state index is 13.3. The number of thioether (sulfide) groups is 1. The number of amides is 2. The highest BCUT2D eigenvalue weighted by molar-refractivity contribution is 14.1. The van der Waals surface area contributed by atoms with Gasteiger partial charge in [-0.3, -0.25) is 9.59 Å². The van der Waals surface area contributed by atoms with E-state index in [4.69, 9.17) is 11.6 Å². The molecule has 2 amide bonds. The van der Waals surface area contributed by atoms with Gasteiger partial charge in [0.05, 0.1) is 5.69 Å². The summed E-state index contributed by atoms with van der Waals surface area (Å²) in [6.45, 7) is 1.87. The maximum Gasteiger partial charge on any atom is 0.283 e. The van der Waals surface area contributed by atoms with E-state index in [0.29, 0.717) is 15.6 Å². The Balaban J connectivity index is 1.75. The molecule has 0 atom stereocenters. The highest BCUT2D eigenvalue weighted by Gasteiger charge is 2.40. The van der Waals surface area contributed by atoms with E-state index in [0.717, 1.165) is 19.7 Å². The molecule has 3 aromatic carbocycles. The van der Waals surface area contributed by atoms with Crippen LogP contribution in [-0.2, 0) is 9.59 Å². The van der Waals surface area contributed by atoms with E-state index in [9.17, 15) is 9.59 Å². The molecule has 4 rings (SSSR count). The second kappa shape index (κ2) is 8.83. The van der Waals surface area contributed by atoms with Gasteiger partial charge < -0.3 is 5.32 Å². The number of hydrogen-bond acceptors (Lipinski definition) is 4. The lowest BCUT2D eigenvalue weighted by molar-refractivity contribution is -0.120. The quantitative estimate of drug-likeness (QED) is 0.304. The van der Waals surface area contributed by atoms with Crippen LogP contribution in [0.2, 0.25) is 5.02 Å². The number of halogens is 2. The lowest BCUT2D eigenvalue weighted by Crippen LogP contribution is -2.32. The molecule has 0 saturated heterocycles. The fourth-order valence-electron chi connectivity index (χ4n) is 2.95. The maximum absolute atomic E-state index is 13.3. The van der Waals surface area contributed by atoms with E-state index >= 15 is 0 Å². The Bertz CT molecular complexity index is 1160. The van der Waals surface area contributed by atoms with Gasteiger partial charge in [0, 0.05) is 19.2 Å². The minimum atomic E-state index is -0.406. The molecule has 30 heavy (non-hydrogen) atoms. The summed E-state index contributed by atoms with van der Waals surface area (Å²) in [6, 6.07) is 22.3. The molecule has 150 valence electrons. The third-order valence-electron chi connectivity index (χ3n) is 4.53. The molecule has 4 nitrogen and oxygen atoms in total. The Labute approximate surface area is 197 Å². The van der Waals surface area contributed by atoms with Crippen molar-refractivity contribution in [3.8, 4) is 0 Å². The van der Waals surface area contributed by atoms with Crippen molar-refractivity contribution in [1.82, 2.24) is 0 Å². The first kappa shape index (κ1) is 21.0. The van der Waals surface area contributed by atoms with Gasteiger partial charge in [-0.1, -0.05) is 47.6 Å². The standard InChI is InChI=1S/C23H16ClIN2O2S/c1-14-7-12-17(13-19(14)24)27-22(28)20(26-16-10-8-15(25)9-11-16)21(23(27)29)30-18-5-3-2-4-6-18/h2-13,26H,1H3. The van der Waals surface area contributed by atoms with Crippen molar-refractivity contribution in [3.05, 3.63) is 97.6 Å². The zero-order valence-corrected chi connectivity index (χ0v) is 19.6. The first-order valence-electron chi connectivity index (χ1n) is 9.09. The Kier molecular flexibility index (Phi) is 6.17. The van der Waals surface area contributed by atoms with E-state index < -0.39 is 5.91 Å². The number of nitrogens with one attached hydrogen (secondary N) is 1. The molecule has 0 bridgehead atoms. The van der Waals surface area contributed by atoms with Gasteiger partial charge in [0.15, 0.2) is 0 Å². The minimum Gasteiger partial charge on any atom is -0.350 e. The summed E-state index contributed by atoms with van der Waals surface area (Å²) in [4.78, 5) is 29.0. The van der Waals surface area contributed by atoms with Crippen LogP contribution in [0.1, 0.15) is 5.56 Å². The van der Waals surface area contributed by atoms with Crippen molar-refractivity contribution in [2.45, 2.75) is 11.8 Å². The predicted molar refractivity (Wildman–Crippen MR) is 131 cm³/mol. The Morgan fingerprint density at radius 3 is 2.30 bits per heavy atom. The van der Waals surface area contributed by atoms with E-state index in [1.54, 1.807) is 18.2 Å². The largest absolute Gasteiger partial charge is 0.350 e. The molecule has 3 aromatic rings. The fraction of sp³-hybridized carbons (Fsp3) is 0.0435. The number of carbonyl (C=O) groups excluding carboxylic acids is 2. The van der Waals surface area contributed by atoms with Gasteiger partial charge in [0.2, 0.25) is 0 Å². The molecule has 0 aromatic heterocycles. The van der Waals surface area contributed by atoms with Crippen molar-refractivity contribution < 1.29 is 9.59 Å². The zero-order valence-electron chi connectivity index (χ0n) is 15.9. The summed E-state index contributed by atoms with van der Waals surface area (Å²) in [5.41, 5.74) is 2.32. The smallest absolute Gasteiger partial charge is 0.283 e. The van der Waals surface area contributed by atoms with Crippen molar-refractivity contribution in [2.75, 3.05) is 10.2 Å². The number of carbonyl (C=O) groups is 2. The molecule has 0 spiro atoms. The van der Waals surface area contributed by atoms with Crippen molar-refractivity contribution in [2.24, 2.45) is 0 Å². The number of aryl methyl sites for hydroxylation is 1. The Morgan fingerprint density at radius 1 is 0.933 bits per heavy atom. The molecule has 0 unspecified atom stereocenters. The van der Waals surface area contributed by atoms with Crippen LogP contribution in [0.3, 0.4) is 0 Å². The third-order valence-corrected chi connectivity index (χ3v) is 6.75. The van der Waals surface area contributed by atoms with E-state index in [-0.39, 0.29) is 11.6 Å². The van der Waals surface area contributed by atoms with Gasteiger partial charge in [0.1, 0.15) is 10.6 Å². The molecule has 0 aliphatic carbocycles. The fourth-order valence-corrected chi connectivity index (χ4v) is 4.44. The van der Waals surface area contributed by atoms with Gasteiger partial charge in [-0.05, 0) is 83.6 Å². The van der Waals surface area contributed by atoms with Gasteiger partial charge in [-0.2, -0.15) is 0 Å². The van der Waals surface area contributed by atoms with E-state index in [1.807, 2.05) is 61.5 Å². The van der Waals surface area contributed by atoms with Crippen LogP contribution in [0.5, 0.6) is 0 Å². The number of imide groups is 1. The molecular formula is C23H16ClIN2O2S.